The summed E-state index contributed by atoms with van der Waals surface area (Å²) in [7, 11) is -3.96. The van der Waals surface area contributed by atoms with Crippen LogP contribution in [0.2, 0.25) is 0 Å². The van der Waals surface area contributed by atoms with Crippen molar-refractivity contribution >= 4 is 15.9 Å². The highest BCUT2D eigenvalue weighted by Gasteiger charge is 2.32. The first-order chi connectivity index (χ1) is 11.2. The summed E-state index contributed by atoms with van der Waals surface area (Å²) in [6.07, 6.45) is -1.32. The molecule has 2 rings (SSSR count). The Bertz CT molecular complexity index is 682. The topological polar surface area (TPSA) is 90.3 Å². The summed E-state index contributed by atoms with van der Waals surface area (Å²) >= 11 is 0. The number of nitrogens with one attached hydrogen (secondary N) is 1. The number of nitrogens with zero attached hydrogens (tertiary/aromatic N) is 2. The zero-order valence-corrected chi connectivity index (χ0v) is 14.4. The van der Waals surface area contributed by atoms with Crippen LogP contribution >= 0.6 is 0 Å². The number of hydrogen-bond donors (Lipinski definition) is 1. The fourth-order valence-electron chi connectivity index (χ4n) is 2.49. The predicted octanol–water partition coefficient (Wildman–Crippen LogP) is 1.72. The van der Waals surface area contributed by atoms with Gasteiger partial charge in [0, 0.05) is 26.0 Å². The van der Waals surface area contributed by atoms with E-state index in [4.69, 9.17) is 4.74 Å². The number of carbonyl (C=O) groups excluding carboxylic acids is 1. The van der Waals surface area contributed by atoms with E-state index < -0.39 is 38.9 Å². The quantitative estimate of drug-likeness (QED) is 0.829. The van der Waals surface area contributed by atoms with Crippen LogP contribution in [0, 0.1) is 5.92 Å². The monoisotopic (exact) mass is 365 g/mol. The normalized spacial score (nSPS) is 16.8. The minimum atomic E-state index is -3.96. The molecule has 1 saturated heterocycles. The molecule has 0 aliphatic carbocycles. The van der Waals surface area contributed by atoms with Gasteiger partial charge in [-0.15, -0.1) is 0 Å². The largest absolute Gasteiger partial charge is 0.381 e. The summed E-state index contributed by atoms with van der Waals surface area (Å²) in [5.74, 6) is -0.989. The first-order valence-corrected chi connectivity index (χ1v) is 9.24. The maximum absolute atomic E-state index is 13.1. The lowest BCUT2D eigenvalue weighted by atomic mass is 10.2. The molecule has 0 radical (unpaired) electrons. The first kappa shape index (κ1) is 18.8. The fraction of sp³-hybridized carbons (Fsp3) is 0.714. The van der Waals surface area contributed by atoms with E-state index in [0.717, 1.165) is 6.20 Å². The standard InChI is InChI=1S/C14H21F2N3O4S/c1-9(2)7-19-8-11(13(15)16)12(17-19)14(20)18-24(21,22)10-3-5-23-6-4-10/h8-10,13H,3-7H2,1-2H3,(H,18,20). The summed E-state index contributed by atoms with van der Waals surface area (Å²) in [6.45, 7) is 4.66. The Kier molecular flexibility index (Phi) is 5.92. The summed E-state index contributed by atoms with van der Waals surface area (Å²) in [4.78, 5) is 12.2. The van der Waals surface area contributed by atoms with Crippen LogP contribution in [0.4, 0.5) is 8.78 Å². The lowest BCUT2D eigenvalue weighted by Crippen LogP contribution is -2.41. The lowest BCUT2D eigenvalue weighted by molar-refractivity contribution is 0.0939. The fourth-order valence-corrected chi connectivity index (χ4v) is 3.82. The zero-order chi connectivity index (χ0) is 17.9. The minimum Gasteiger partial charge on any atom is -0.381 e. The molecule has 1 aromatic heterocycles. The van der Waals surface area contributed by atoms with E-state index in [-0.39, 0.29) is 32.0 Å². The Labute approximate surface area is 139 Å². The van der Waals surface area contributed by atoms with Gasteiger partial charge in [0.1, 0.15) is 0 Å². The lowest BCUT2D eigenvalue weighted by Gasteiger charge is -2.22. The molecule has 1 aliphatic heterocycles. The number of carbonyl (C=O) groups is 1. The van der Waals surface area contributed by atoms with Crippen molar-refractivity contribution in [3.8, 4) is 0 Å². The molecule has 0 spiro atoms. The van der Waals surface area contributed by atoms with Gasteiger partial charge in [-0.25, -0.2) is 21.9 Å². The molecule has 24 heavy (non-hydrogen) atoms. The number of sulfonamides is 1. The van der Waals surface area contributed by atoms with Crippen molar-refractivity contribution in [2.24, 2.45) is 5.92 Å². The minimum absolute atomic E-state index is 0.136. The highest BCUT2D eigenvalue weighted by molar-refractivity contribution is 7.90. The number of alkyl halides is 2. The average Bonchev–Trinajstić information content (AvgIpc) is 2.91. The van der Waals surface area contributed by atoms with Gasteiger partial charge in [-0.1, -0.05) is 13.8 Å². The smallest absolute Gasteiger partial charge is 0.285 e. The second-order valence-electron chi connectivity index (χ2n) is 6.14. The third kappa shape index (κ3) is 4.50. The van der Waals surface area contributed by atoms with E-state index in [1.165, 1.54) is 4.68 Å². The molecule has 0 atom stereocenters. The molecule has 1 fully saturated rings. The van der Waals surface area contributed by atoms with Crippen LogP contribution in [0.5, 0.6) is 0 Å². The van der Waals surface area contributed by atoms with E-state index in [9.17, 15) is 22.0 Å². The number of ether oxygens (including phenoxy) is 1. The van der Waals surface area contributed by atoms with E-state index in [0.29, 0.717) is 6.54 Å². The highest BCUT2D eigenvalue weighted by Crippen LogP contribution is 2.23. The van der Waals surface area contributed by atoms with E-state index in [1.54, 1.807) is 0 Å². The molecule has 1 aliphatic rings. The van der Waals surface area contributed by atoms with Gasteiger partial charge in [0.15, 0.2) is 5.69 Å². The Morgan fingerprint density at radius 1 is 1.42 bits per heavy atom. The van der Waals surface area contributed by atoms with Crippen molar-refractivity contribution < 1.29 is 26.7 Å². The van der Waals surface area contributed by atoms with Gasteiger partial charge in [-0.2, -0.15) is 5.10 Å². The summed E-state index contributed by atoms with van der Waals surface area (Å²) in [5.41, 5.74) is -1.13. The van der Waals surface area contributed by atoms with Crippen LogP contribution in [0.3, 0.4) is 0 Å². The summed E-state index contributed by atoms with van der Waals surface area (Å²) < 4.78 is 58.9. The molecule has 10 heteroatoms. The molecular formula is C14H21F2N3O4S. The molecule has 0 unspecified atom stereocenters. The number of hydrogen-bond acceptors (Lipinski definition) is 5. The van der Waals surface area contributed by atoms with Crippen molar-refractivity contribution in [2.45, 2.75) is 44.9 Å². The van der Waals surface area contributed by atoms with Gasteiger partial charge in [0.2, 0.25) is 10.0 Å². The maximum atomic E-state index is 13.1. The average molecular weight is 365 g/mol. The van der Waals surface area contributed by atoms with Crippen LogP contribution < -0.4 is 4.72 Å². The van der Waals surface area contributed by atoms with E-state index >= 15 is 0 Å². The molecular weight excluding hydrogens is 344 g/mol. The number of halogens is 2. The zero-order valence-electron chi connectivity index (χ0n) is 13.5. The third-order valence-electron chi connectivity index (χ3n) is 3.63. The van der Waals surface area contributed by atoms with Crippen molar-refractivity contribution in [3.05, 3.63) is 17.5 Å². The maximum Gasteiger partial charge on any atom is 0.285 e. The molecule has 1 N–H and O–H groups in total. The molecule has 0 saturated carbocycles. The van der Waals surface area contributed by atoms with Crippen molar-refractivity contribution in [1.29, 1.82) is 0 Å². The molecule has 7 nitrogen and oxygen atoms in total. The third-order valence-corrected chi connectivity index (χ3v) is 5.45. The summed E-state index contributed by atoms with van der Waals surface area (Å²) in [6, 6.07) is 0. The highest BCUT2D eigenvalue weighted by atomic mass is 32.2. The number of amides is 1. The van der Waals surface area contributed by atoms with Crippen LogP contribution in [-0.2, 0) is 21.3 Å². The second kappa shape index (κ2) is 7.56. The van der Waals surface area contributed by atoms with Gasteiger partial charge in [-0.05, 0) is 18.8 Å². The van der Waals surface area contributed by atoms with Gasteiger partial charge in [0.25, 0.3) is 12.3 Å². The first-order valence-electron chi connectivity index (χ1n) is 7.70. The predicted molar refractivity (Wildman–Crippen MR) is 82.2 cm³/mol. The van der Waals surface area contributed by atoms with Crippen LogP contribution in [0.25, 0.3) is 0 Å². The van der Waals surface area contributed by atoms with Crippen molar-refractivity contribution in [3.63, 3.8) is 0 Å². The molecule has 0 bridgehead atoms. The van der Waals surface area contributed by atoms with Crippen molar-refractivity contribution in [1.82, 2.24) is 14.5 Å². The number of aromatic nitrogens is 2. The number of rotatable bonds is 6. The summed E-state index contributed by atoms with van der Waals surface area (Å²) in [5, 5.41) is 3.06. The van der Waals surface area contributed by atoms with E-state index in [1.807, 2.05) is 18.6 Å². The van der Waals surface area contributed by atoms with Crippen LogP contribution in [0.15, 0.2) is 6.20 Å². The molecule has 1 aromatic rings. The molecule has 136 valence electrons. The van der Waals surface area contributed by atoms with E-state index in [2.05, 4.69) is 5.10 Å². The Balaban J connectivity index is 2.20. The Morgan fingerprint density at radius 3 is 2.58 bits per heavy atom. The van der Waals surface area contributed by atoms with Gasteiger partial charge in [0.05, 0.1) is 10.8 Å². The molecule has 1 amide bonds. The Hall–Kier alpha value is -1.55. The van der Waals surface area contributed by atoms with Crippen LogP contribution in [0.1, 0.15) is 49.2 Å². The van der Waals surface area contributed by atoms with Crippen molar-refractivity contribution in [2.75, 3.05) is 13.2 Å². The van der Waals surface area contributed by atoms with Crippen LogP contribution in [-0.4, -0.2) is 42.6 Å². The van der Waals surface area contributed by atoms with Gasteiger partial charge < -0.3 is 4.74 Å². The SMILES string of the molecule is CC(C)Cn1cc(C(F)F)c(C(=O)NS(=O)(=O)C2CCOCC2)n1. The second-order valence-corrected chi connectivity index (χ2v) is 8.10. The molecule has 2 heterocycles. The van der Waals surface area contributed by atoms with Gasteiger partial charge in [-0.3, -0.25) is 9.48 Å². The Morgan fingerprint density at radius 2 is 2.04 bits per heavy atom. The molecule has 0 aromatic carbocycles. The van der Waals surface area contributed by atoms with Gasteiger partial charge >= 0.3 is 0 Å².